The van der Waals surface area contributed by atoms with Crippen LogP contribution in [0.5, 0.6) is 0 Å². The summed E-state index contributed by atoms with van der Waals surface area (Å²) in [6.45, 7) is 0.286. The van der Waals surface area contributed by atoms with Gasteiger partial charge in [0.05, 0.1) is 28.7 Å². The molecule has 1 fully saturated rings. The molecule has 1 amide bonds. The van der Waals surface area contributed by atoms with Crippen LogP contribution < -0.4 is 16.2 Å². The Bertz CT molecular complexity index is 1070. The van der Waals surface area contributed by atoms with Gasteiger partial charge >= 0.3 is 0 Å². The number of hydrogen-bond acceptors (Lipinski definition) is 8. The number of halogens is 3. The maximum atomic E-state index is 13.9. The van der Waals surface area contributed by atoms with Crippen LogP contribution in [0.1, 0.15) is 27.8 Å². The van der Waals surface area contributed by atoms with E-state index in [0.29, 0.717) is 12.1 Å². The second kappa shape index (κ2) is 9.59. The van der Waals surface area contributed by atoms with Crippen molar-refractivity contribution in [2.75, 3.05) is 6.54 Å². The zero-order valence-corrected chi connectivity index (χ0v) is 17.2. The van der Waals surface area contributed by atoms with Crippen molar-refractivity contribution >= 4 is 29.7 Å². The predicted molar refractivity (Wildman–Crippen MR) is 111 cm³/mol. The molecule has 2 aliphatic rings. The van der Waals surface area contributed by atoms with Crippen molar-refractivity contribution in [2.24, 2.45) is 10.9 Å². The molecule has 0 radical (unpaired) electrons. The molecule has 1 aromatic heterocycles. The summed E-state index contributed by atoms with van der Waals surface area (Å²) in [6, 6.07) is 0.897. The highest BCUT2D eigenvalue weighted by Crippen LogP contribution is 2.30. The van der Waals surface area contributed by atoms with Gasteiger partial charge in [0.1, 0.15) is 28.5 Å². The van der Waals surface area contributed by atoms with E-state index in [-0.39, 0.29) is 29.4 Å². The van der Waals surface area contributed by atoms with Gasteiger partial charge in [0.15, 0.2) is 5.78 Å². The van der Waals surface area contributed by atoms with Crippen molar-refractivity contribution in [1.82, 2.24) is 26.1 Å². The Labute approximate surface area is 184 Å². The Hall–Kier alpha value is -3.09. The highest BCUT2D eigenvalue weighted by Gasteiger charge is 2.29. The number of nitrogens with one attached hydrogen (secondary N) is 3. The molecule has 32 heavy (non-hydrogen) atoms. The lowest BCUT2D eigenvalue weighted by atomic mass is 9.93. The third-order valence-corrected chi connectivity index (χ3v) is 6.00. The lowest BCUT2D eigenvalue weighted by molar-refractivity contribution is -0.117. The molecule has 4 rings (SSSR count). The monoisotopic (exact) mass is 462 g/mol. The molecule has 0 saturated carbocycles. The molecule has 2 aliphatic heterocycles. The fourth-order valence-electron chi connectivity index (χ4n) is 3.18. The number of allylic oxidation sites excluding steroid dienone is 1. The Balaban J connectivity index is 1.30. The largest absolute Gasteiger partial charge is 0.348 e. The molecule has 3 N–H and O–H groups in total. The first kappa shape index (κ1) is 22.1. The minimum Gasteiger partial charge on any atom is -0.348 e. The topological polar surface area (TPSA) is 108 Å². The number of amides is 1. The van der Waals surface area contributed by atoms with Gasteiger partial charge in [0.2, 0.25) is 0 Å². The first-order chi connectivity index (χ1) is 15.4. The van der Waals surface area contributed by atoms with Gasteiger partial charge in [-0.05, 0) is 6.42 Å². The number of benzene rings is 1. The van der Waals surface area contributed by atoms with E-state index in [2.05, 4.69) is 31.1 Å². The summed E-state index contributed by atoms with van der Waals surface area (Å²) in [6.07, 6.45) is 7.46. The van der Waals surface area contributed by atoms with Crippen LogP contribution in [-0.2, 0) is 4.79 Å². The van der Waals surface area contributed by atoms with Crippen molar-refractivity contribution < 1.29 is 22.8 Å². The normalized spacial score (nSPS) is 22.5. The second-order valence-electron chi connectivity index (χ2n) is 6.95. The van der Waals surface area contributed by atoms with Gasteiger partial charge in [-0.3, -0.25) is 24.5 Å². The lowest BCUT2D eigenvalue weighted by Gasteiger charge is -2.16. The molecule has 12 heteroatoms. The fourth-order valence-corrected chi connectivity index (χ4v) is 4.22. The highest BCUT2D eigenvalue weighted by molar-refractivity contribution is 8.00. The molecule has 2 aromatic rings. The van der Waals surface area contributed by atoms with Crippen LogP contribution in [0.25, 0.3) is 0 Å². The average molecular weight is 462 g/mol. The highest BCUT2D eigenvalue weighted by atomic mass is 32.2. The van der Waals surface area contributed by atoms with E-state index in [4.69, 9.17) is 0 Å². The average Bonchev–Trinajstić information content (AvgIpc) is 3.26. The number of hydrazine groups is 1. The standard InChI is InChI=1S/C20H17F3N6O2S/c21-11-5-12(22)17(13(23)6-11)18(30)10-1-2-14(26-7-10)19(31)27-9-16-28-29-20(32-16)15-8-24-3-4-25-15/h2-8,10,16,20,28-29H,1,9H2,(H,27,31). The quantitative estimate of drug-likeness (QED) is 0.564. The molecule has 8 nitrogen and oxygen atoms in total. The molecule has 3 heterocycles. The molecule has 166 valence electrons. The molecular weight excluding hydrogens is 445 g/mol. The molecule has 3 atom stereocenters. The van der Waals surface area contributed by atoms with E-state index in [1.165, 1.54) is 24.1 Å². The summed E-state index contributed by atoms with van der Waals surface area (Å²) in [4.78, 5) is 37.0. The summed E-state index contributed by atoms with van der Waals surface area (Å²) in [5.74, 6) is -5.93. The Kier molecular flexibility index (Phi) is 6.63. The van der Waals surface area contributed by atoms with Crippen molar-refractivity contribution in [3.8, 4) is 0 Å². The third kappa shape index (κ3) is 4.87. The molecular formula is C20H17F3N6O2S. The Morgan fingerprint density at radius 3 is 2.59 bits per heavy atom. The molecule has 1 aromatic carbocycles. The summed E-state index contributed by atoms with van der Waals surface area (Å²) in [5.41, 5.74) is 6.14. The smallest absolute Gasteiger partial charge is 0.269 e. The molecule has 1 saturated heterocycles. The van der Waals surface area contributed by atoms with E-state index in [1.54, 1.807) is 18.6 Å². The third-order valence-electron chi connectivity index (χ3n) is 4.76. The van der Waals surface area contributed by atoms with Gasteiger partial charge in [-0.25, -0.2) is 24.0 Å². The number of rotatable bonds is 6. The van der Waals surface area contributed by atoms with Crippen molar-refractivity contribution in [2.45, 2.75) is 17.2 Å². The number of hydrogen-bond donors (Lipinski definition) is 3. The predicted octanol–water partition coefficient (Wildman–Crippen LogP) is 2.03. The van der Waals surface area contributed by atoms with Gasteiger partial charge < -0.3 is 5.32 Å². The van der Waals surface area contributed by atoms with Gasteiger partial charge in [0, 0.05) is 37.3 Å². The van der Waals surface area contributed by atoms with Crippen molar-refractivity contribution in [3.63, 3.8) is 0 Å². The van der Waals surface area contributed by atoms with Crippen molar-refractivity contribution in [1.29, 1.82) is 0 Å². The van der Waals surface area contributed by atoms with Gasteiger partial charge in [-0.15, -0.1) is 11.8 Å². The zero-order valence-electron chi connectivity index (χ0n) is 16.4. The summed E-state index contributed by atoms with van der Waals surface area (Å²) in [5, 5.41) is 2.50. The molecule has 0 bridgehead atoms. The summed E-state index contributed by atoms with van der Waals surface area (Å²) < 4.78 is 40.8. The van der Waals surface area contributed by atoms with Gasteiger partial charge in [0.25, 0.3) is 5.91 Å². The van der Waals surface area contributed by atoms with Crippen LogP contribution in [0.15, 0.2) is 47.5 Å². The summed E-state index contributed by atoms with van der Waals surface area (Å²) in [7, 11) is 0. The van der Waals surface area contributed by atoms with Crippen LogP contribution in [0.4, 0.5) is 13.2 Å². The van der Waals surface area contributed by atoms with Crippen LogP contribution in [0.3, 0.4) is 0 Å². The second-order valence-corrected chi connectivity index (χ2v) is 8.26. The summed E-state index contributed by atoms with van der Waals surface area (Å²) >= 11 is 1.52. The van der Waals surface area contributed by atoms with Crippen LogP contribution in [0.2, 0.25) is 0 Å². The van der Waals surface area contributed by atoms with Crippen LogP contribution in [0, 0.1) is 23.4 Å². The first-order valence-corrected chi connectivity index (χ1v) is 10.5. The fraction of sp³-hybridized carbons (Fsp3) is 0.250. The van der Waals surface area contributed by atoms with Gasteiger partial charge in [-0.2, -0.15) is 0 Å². The Morgan fingerprint density at radius 1 is 1.16 bits per heavy atom. The number of Topliss-reactive ketones (excluding diaryl/α,β-unsaturated/α-hetero) is 1. The van der Waals surface area contributed by atoms with E-state index < -0.39 is 40.6 Å². The van der Waals surface area contributed by atoms with E-state index in [9.17, 15) is 22.8 Å². The number of ketones is 1. The number of thioether (sulfide) groups is 1. The molecule has 3 unspecified atom stereocenters. The van der Waals surface area contributed by atoms with Gasteiger partial charge in [-0.1, -0.05) is 6.08 Å². The maximum absolute atomic E-state index is 13.9. The minimum atomic E-state index is -1.27. The number of carbonyl (C=O) groups is 2. The van der Waals surface area contributed by atoms with E-state index in [1.807, 2.05) is 0 Å². The van der Waals surface area contributed by atoms with E-state index >= 15 is 0 Å². The lowest BCUT2D eigenvalue weighted by Crippen LogP contribution is -2.40. The van der Waals surface area contributed by atoms with Crippen LogP contribution in [-0.4, -0.2) is 39.8 Å². The molecule has 0 aliphatic carbocycles. The Morgan fingerprint density at radius 2 is 1.94 bits per heavy atom. The minimum absolute atomic E-state index is 0.0358. The maximum Gasteiger partial charge on any atom is 0.269 e. The number of aromatic nitrogens is 2. The first-order valence-electron chi connectivity index (χ1n) is 9.56. The molecule has 0 spiro atoms. The number of carbonyl (C=O) groups excluding carboxylic acids is 2. The number of aliphatic imine (C=N–C) groups is 1. The van der Waals surface area contributed by atoms with E-state index in [0.717, 1.165) is 5.69 Å². The SMILES string of the molecule is O=C(NCC1NNC(c2cnccn2)S1)C1=CCC(C(=O)c2c(F)cc(F)cc2F)C=N1. The van der Waals surface area contributed by atoms with Crippen molar-refractivity contribution in [3.05, 3.63) is 71.2 Å². The number of nitrogens with zero attached hydrogens (tertiary/aromatic N) is 3. The van der Waals surface area contributed by atoms with Crippen LogP contribution >= 0.6 is 11.8 Å². The zero-order chi connectivity index (χ0) is 22.7.